The summed E-state index contributed by atoms with van der Waals surface area (Å²) in [4.78, 5) is 0. The first kappa shape index (κ1) is 13.4. The van der Waals surface area contributed by atoms with E-state index in [2.05, 4.69) is 22.5 Å². The van der Waals surface area contributed by atoms with Gasteiger partial charge in [0.05, 0.1) is 6.10 Å². The number of halogens is 1. The van der Waals surface area contributed by atoms with Gasteiger partial charge in [-0.3, -0.25) is 0 Å². The zero-order chi connectivity index (χ0) is 11.0. The molecular formula is C12H17BrO. The molecule has 1 nitrogen and oxygen atoms in total. The fourth-order valence-corrected chi connectivity index (χ4v) is 1.42. The predicted molar refractivity (Wildman–Crippen MR) is 65.3 cm³/mol. The van der Waals surface area contributed by atoms with Gasteiger partial charge in [0, 0.05) is 4.47 Å². The first-order chi connectivity index (χ1) is 6.74. The minimum absolute atomic E-state index is 0.431. The van der Waals surface area contributed by atoms with E-state index in [1.54, 1.807) is 6.08 Å². The van der Waals surface area contributed by atoms with E-state index in [1.165, 1.54) is 0 Å². The summed E-state index contributed by atoms with van der Waals surface area (Å²) < 4.78 is 0.989. The number of rotatable bonds is 3. The van der Waals surface area contributed by atoms with Gasteiger partial charge in [-0.25, -0.2) is 0 Å². The number of aliphatic hydroxyl groups is 1. The highest BCUT2D eigenvalue weighted by Crippen LogP contribution is 2.20. The Kier molecular flexibility index (Phi) is 7.44. The monoisotopic (exact) mass is 256 g/mol. The van der Waals surface area contributed by atoms with Crippen LogP contribution in [0.4, 0.5) is 0 Å². The molecule has 2 heteroatoms. The SMILES string of the molecule is C=CCC(O)c1cccc(Br)c1.CC. The lowest BCUT2D eigenvalue weighted by Gasteiger charge is -2.07. The number of hydrogen-bond donors (Lipinski definition) is 1. The fourth-order valence-electron chi connectivity index (χ4n) is 1.01. The van der Waals surface area contributed by atoms with E-state index in [-0.39, 0.29) is 0 Å². The Hall–Kier alpha value is -0.600. The molecular weight excluding hydrogens is 240 g/mol. The van der Waals surface area contributed by atoms with Gasteiger partial charge in [0.1, 0.15) is 0 Å². The van der Waals surface area contributed by atoms with E-state index >= 15 is 0 Å². The van der Waals surface area contributed by atoms with Gasteiger partial charge in [0.15, 0.2) is 0 Å². The van der Waals surface area contributed by atoms with Gasteiger partial charge in [-0.15, -0.1) is 6.58 Å². The maximum atomic E-state index is 9.55. The van der Waals surface area contributed by atoms with Crippen LogP contribution in [0.2, 0.25) is 0 Å². The van der Waals surface area contributed by atoms with Gasteiger partial charge < -0.3 is 5.11 Å². The summed E-state index contributed by atoms with van der Waals surface area (Å²) >= 11 is 3.34. The van der Waals surface area contributed by atoms with Crippen molar-refractivity contribution >= 4 is 15.9 Å². The molecule has 0 amide bonds. The Bertz CT molecular complexity index is 271. The Morgan fingerprint density at radius 1 is 1.50 bits per heavy atom. The van der Waals surface area contributed by atoms with Crippen LogP contribution in [0.25, 0.3) is 0 Å². The minimum Gasteiger partial charge on any atom is -0.388 e. The maximum absolute atomic E-state index is 9.55. The van der Waals surface area contributed by atoms with Crippen LogP contribution in [0.3, 0.4) is 0 Å². The fraction of sp³-hybridized carbons (Fsp3) is 0.333. The molecule has 1 aromatic carbocycles. The van der Waals surface area contributed by atoms with Gasteiger partial charge in [0.25, 0.3) is 0 Å². The zero-order valence-electron chi connectivity index (χ0n) is 8.70. The van der Waals surface area contributed by atoms with E-state index in [0.717, 1.165) is 10.0 Å². The van der Waals surface area contributed by atoms with Crippen molar-refractivity contribution in [2.75, 3.05) is 0 Å². The molecule has 0 aliphatic heterocycles. The molecule has 1 aromatic rings. The van der Waals surface area contributed by atoms with Crippen molar-refractivity contribution in [1.82, 2.24) is 0 Å². The quantitative estimate of drug-likeness (QED) is 0.809. The third-order valence-electron chi connectivity index (χ3n) is 1.62. The van der Waals surface area contributed by atoms with Crippen LogP contribution in [0.15, 0.2) is 41.4 Å². The second-order valence-corrected chi connectivity index (χ2v) is 3.51. The Morgan fingerprint density at radius 3 is 2.64 bits per heavy atom. The highest BCUT2D eigenvalue weighted by molar-refractivity contribution is 9.10. The molecule has 0 radical (unpaired) electrons. The largest absolute Gasteiger partial charge is 0.388 e. The molecule has 14 heavy (non-hydrogen) atoms. The molecule has 1 N–H and O–H groups in total. The molecule has 0 heterocycles. The topological polar surface area (TPSA) is 20.2 Å². The van der Waals surface area contributed by atoms with Crippen molar-refractivity contribution in [2.45, 2.75) is 26.4 Å². The van der Waals surface area contributed by atoms with E-state index in [1.807, 2.05) is 38.1 Å². The van der Waals surface area contributed by atoms with Crippen LogP contribution in [0, 0.1) is 0 Å². The molecule has 0 saturated carbocycles. The van der Waals surface area contributed by atoms with Crippen molar-refractivity contribution in [3.63, 3.8) is 0 Å². The molecule has 0 fully saturated rings. The summed E-state index contributed by atoms with van der Waals surface area (Å²) in [5.74, 6) is 0. The van der Waals surface area contributed by atoms with Gasteiger partial charge in [0.2, 0.25) is 0 Å². The van der Waals surface area contributed by atoms with Crippen LogP contribution in [-0.2, 0) is 0 Å². The van der Waals surface area contributed by atoms with Crippen molar-refractivity contribution < 1.29 is 5.11 Å². The Balaban J connectivity index is 0.000000791. The molecule has 1 atom stereocenters. The lowest BCUT2D eigenvalue weighted by Crippen LogP contribution is -1.94. The van der Waals surface area contributed by atoms with Crippen LogP contribution < -0.4 is 0 Å². The lowest BCUT2D eigenvalue weighted by molar-refractivity contribution is 0.181. The summed E-state index contributed by atoms with van der Waals surface area (Å²) in [5, 5.41) is 9.55. The van der Waals surface area contributed by atoms with Crippen molar-refractivity contribution in [3.05, 3.63) is 47.0 Å². The highest BCUT2D eigenvalue weighted by atomic mass is 79.9. The molecule has 0 aromatic heterocycles. The molecule has 0 saturated heterocycles. The van der Waals surface area contributed by atoms with Gasteiger partial charge in [-0.1, -0.05) is 48.0 Å². The van der Waals surface area contributed by atoms with Crippen molar-refractivity contribution in [3.8, 4) is 0 Å². The first-order valence-corrected chi connectivity index (χ1v) is 5.57. The maximum Gasteiger partial charge on any atom is 0.0824 e. The average molecular weight is 257 g/mol. The summed E-state index contributed by atoms with van der Waals surface area (Å²) in [6.07, 6.45) is 1.88. The summed E-state index contributed by atoms with van der Waals surface area (Å²) in [5.41, 5.74) is 0.921. The smallest absolute Gasteiger partial charge is 0.0824 e. The average Bonchev–Trinajstić information content (AvgIpc) is 2.21. The van der Waals surface area contributed by atoms with Gasteiger partial charge in [-0.05, 0) is 24.1 Å². The van der Waals surface area contributed by atoms with Gasteiger partial charge in [-0.2, -0.15) is 0 Å². The third kappa shape index (κ3) is 4.58. The molecule has 0 aliphatic carbocycles. The van der Waals surface area contributed by atoms with E-state index in [0.29, 0.717) is 6.42 Å². The first-order valence-electron chi connectivity index (χ1n) is 4.78. The standard InChI is InChI=1S/C10H11BrO.C2H6/c1-2-4-10(12)8-5-3-6-9(11)7-8;1-2/h2-3,5-7,10,12H,1,4H2;1-2H3. The molecule has 0 bridgehead atoms. The molecule has 78 valence electrons. The normalized spacial score (nSPS) is 11.1. The van der Waals surface area contributed by atoms with Crippen molar-refractivity contribution in [1.29, 1.82) is 0 Å². The van der Waals surface area contributed by atoms with Gasteiger partial charge >= 0.3 is 0 Å². The minimum atomic E-state index is -0.431. The van der Waals surface area contributed by atoms with Crippen molar-refractivity contribution in [2.24, 2.45) is 0 Å². The number of benzene rings is 1. The summed E-state index contributed by atoms with van der Waals surface area (Å²) in [6, 6.07) is 7.66. The summed E-state index contributed by atoms with van der Waals surface area (Å²) in [7, 11) is 0. The summed E-state index contributed by atoms with van der Waals surface area (Å²) in [6.45, 7) is 7.58. The molecule has 1 rings (SSSR count). The second-order valence-electron chi connectivity index (χ2n) is 2.60. The van der Waals surface area contributed by atoms with Crippen LogP contribution >= 0.6 is 15.9 Å². The molecule has 0 spiro atoms. The Morgan fingerprint density at radius 2 is 2.14 bits per heavy atom. The molecule has 0 aliphatic rings. The zero-order valence-corrected chi connectivity index (χ0v) is 10.3. The predicted octanol–water partition coefficient (Wildman–Crippen LogP) is 4.08. The number of aliphatic hydroxyl groups excluding tert-OH is 1. The second kappa shape index (κ2) is 7.77. The van der Waals surface area contributed by atoms with E-state index < -0.39 is 6.10 Å². The van der Waals surface area contributed by atoms with Crippen LogP contribution in [-0.4, -0.2) is 5.11 Å². The number of hydrogen-bond acceptors (Lipinski definition) is 1. The van der Waals surface area contributed by atoms with Crippen LogP contribution in [0.1, 0.15) is 31.9 Å². The van der Waals surface area contributed by atoms with Crippen LogP contribution in [0.5, 0.6) is 0 Å². The van der Waals surface area contributed by atoms with E-state index in [4.69, 9.17) is 0 Å². The molecule has 1 unspecified atom stereocenters. The Labute approximate surface area is 94.6 Å². The lowest BCUT2D eigenvalue weighted by atomic mass is 10.1. The highest BCUT2D eigenvalue weighted by Gasteiger charge is 2.04. The third-order valence-corrected chi connectivity index (χ3v) is 2.12. The van der Waals surface area contributed by atoms with E-state index in [9.17, 15) is 5.11 Å².